The van der Waals surface area contributed by atoms with Crippen LogP contribution in [0.4, 0.5) is 17.2 Å². The summed E-state index contributed by atoms with van der Waals surface area (Å²) in [5.74, 6) is 0.901. The Morgan fingerprint density at radius 1 is 0.429 bits per heavy atom. The lowest BCUT2D eigenvalue weighted by atomic mass is 10.0. The molecule has 42 heavy (non-hydrogen) atoms. The van der Waals surface area contributed by atoms with Gasteiger partial charge < -0.3 is 0 Å². The van der Waals surface area contributed by atoms with Gasteiger partial charge in [-0.05, 0) is 75.5 Å². The van der Waals surface area contributed by atoms with Crippen molar-refractivity contribution < 1.29 is 0 Å². The van der Waals surface area contributed by atoms with Crippen molar-refractivity contribution in [1.29, 1.82) is 0 Å². The standard InChI is InChI=1S/C39H26N2S/c1-3-9-27(10-4-1)29-15-19-33(20-16-29)41(34-21-17-30(18-22-34)28-11-5-2-6-12-28)39-25-38-36(26-40-39)35-23-31-13-7-8-14-32(31)24-37(35)42-38/h1-26H. The van der Waals surface area contributed by atoms with Gasteiger partial charge >= 0.3 is 0 Å². The van der Waals surface area contributed by atoms with E-state index in [4.69, 9.17) is 4.98 Å². The van der Waals surface area contributed by atoms with Crippen LogP contribution in [0.2, 0.25) is 0 Å². The zero-order valence-electron chi connectivity index (χ0n) is 22.8. The van der Waals surface area contributed by atoms with Crippen LogP contribution < -0.4 is 4.90 Å². The summed E-state index contributed by atoms with van der Waals surface area (Å²) in [4.78, 5) is 7.31. The Balaban J connectivity index is 1.25. The molecule has 2 aromatic heterocycles. The molecule has 0 aliphatic heterocycles. The van der Waals surface area contributed by atoms with Gasteiger partial charge in [0.05, 0.1) is 0 Å². The first-order chi connectivity index (χ1) is 20.8. The second kappa shape index (κ2) is 10.3. The third kappa shape index (κ3) is 4.41. The minimum atomic E-state index is 0.901. The summed E-state index contributed by atoms with van der Waals surface area (Å²) in [7, 11) is 0. The van der Waals surface area contributed by atoms with Crippen LogP contribution in [-0.2, 0) is 0 Å². The highest BCUT2D eigenvalue weighted by Crippen LogP contribution is 2.41. The lowest BCUT2D eigenvalue weighted by molar-refractivity contribution is 1.19. The van der Waals surface area contributed by atoms with Crippen LogP contribution in [0.1, 0.15) is 0 Å². The molecule has 0 amide bonds. The van der Waals surface area contributed by atoms with E-state index in [1.165, 1.54) is 53.2 Å². The maximum absolute atomic E-state index is 5.06. The van der Waals surface area contributed by atoms with Crippen molar-refractivity contribution in [3.63, 3.8) is 0 Å². The Labute approximate surface area is 248 Å². The van der Waals surface area contributed by atoms with Crippen molar-refractivity contribution in [3.8, 4) is 22.3 Å². The van der Waals surface area contributed by atoms with Crippen LogP contribution in [0.15, 0.2) is 158 Å². The Morgan fingerprint density at radius 2 is 0.905 bits per heavy atom. The van der Waals surface area contributed by atoms with Gasteiger partial charge in [0.15, 0.2) is 0 Å². The fourth-order valence-corrected chi connectivity index (χ4v) is 6.89. The molecule has 0 saturated carbocycles. The van der Waals surface area contributed by atoms with Gasteiger partial charge in [-0.2, -0.15) is 0 Å². The molecule has 8 aromatic rings. The molecule has 3 heteroatoms. The zero-order chi connectivity index (χ0) is 27.9. The number of thiophene rings is 1. The third-order valence-corrected chi connectivity index (χ3v) is 9.02. The maximum atomic E-state index is 5.06. The number of hydrogen-bond donors (Lipinski definition) is 0. The number of fused-ring (bicyclic) bond motifs is 4. The van der Waals surface area contributed by atoms with Gasteiger partial charge in [0.25, 0.3) is 0 Å². The fourth-order valence-electron chi connectivity index (χ4n) is 5.75. The smallest absolute Gasteiger partial charge is 0.138 e. The summed E-state index contributed by atoms with van der Waals surface area (Å²) >= 11 is 1.83. The van der Waals surface area contributed by atoms with Gasteiger partial charge in [-0.3, -0.25) is 4.90 Å². The largest absolute Gasteiger partial charge is 0.295 e. The highest BCUT2D eigenvalue weighted by Gasteiger charge is 2.17. The summed E-state index contributed by atoms with van der Waals surface area (Å²) in [6.45, 7) is 0. The quantitative estimate of drug-likeness (QED) is 0.210. The van der Waals surface area contributed by atoms with E-state index in [0.717, 1.165) is 17.2 Å². The fraction of sp³-hybridized carbons (Fsp3) is 0. The van der Waals surface area contributed by atoms with Gasteiger partial charge in [0.1, 0.15) is 5.82 Å². The van der Waals surface area contributed by atoms with Crippen LogP contribution in [0.5, 0.6) is 0 Å². The van der Waals surface area contributed by atoms with E-state index < -0.39 is 0 Å². The van der Waals surface area contributed by atoms with Crippen molar-refractivity contribution in [2.75, 3.05) is 4.90 Å². The molecular formula is C39H26N2S. The van der Waals surface area contributed by atoms with Crippen molar-refractivity contribution in [1.82, 2.24) is 4.98 Å². The number of aromatic nitrogens is 1. The van der Waals surface area contributed by atoms with Gasteiger partial charge in [0.2, 0.25) is 0 Å². The first-order valence-corrected chi connectivity index (χ1v) is 14.9. The number of nitrogens with zero attached hydrogens (tertiary/aromatic N) is 2. The van der Waals surface area contributed by atoms with Crippen LogP contribution >= 0.6 is 11.3 Å². The average molecular weight is 555 g/mol. The molecule has 2 nitrogen and oxygen atoms in total. The van der Waals surface area contributed by atoms with Crippen molar-refractivity contribution in [2.45, 2.75) is 0 Å². The number of pyridine rings is 1. The molecule has 198 valence electrons. The predicted octanol–water partition coefficient (Wildman–Crippen LogP) is 11.4. The molecule has 0 unspecified atom stereocenters. The van der Waals surface area contributed by atoms with E-state index in [0.29, 0.717) is 0 Å². The van der Waals surface area contributed by atoms with Gasteiger partial charge in [-0.15, -0.1) is 11.3 Å². The van der Waals surface area contributed by atoms with E-state index >= 15 is 0 Å². The second-order valence-corrected chi connectivity index (χ2v) is 11.6. The molecule has 0 aliphatic carbocycles. The van der Waals surface area contributed by atoms with Gasteiger partial charge in [-0.25, -0.2) is 4.98 Å². The zero-order valence-corrected chi connectivity index (χ0v) is 23.6. The van der Waals surface area contributed by atoms with Crippen molar-refractivity contribution >= 4 is 59.5 Å². The molecule has 0 fully saturated rings. The molecule has 0 radical (unpaired) electrons. The summed E-state index contributed by atoms with van der Waals surface area (Å²) in [6.07, 6.45) is 2.04. The summed E-state index contributed by atoms with van der Waals surface area (Å²) in [6, 6.07) is 54.0. The summed E-state index contributed by atoms with van der Waals surface area (Å²) in [5, 5.41) is 4.98. The van der Waals surface area contributed by atoms with Crippen LogP contribution in [0, 0.1) is 0 Å². The first-order valence-electron chi connectivity index (χ1n) is 14.1. The predicted molar refractivity (Wildman–Crippen MR) is 180 cm³/mol. The highest BCUT2D eigenvalue weighted by atomic mass is 32.1. The number of benzene rings is 6. The minimum Gasteiger partial charge on any atom is -0.295 e. The monoisotopic (exact) mass is 554 g/mol. The Bertz CT molecular complexity index is 2080. The third-order valence-electron chi connectivity index (χ3n) is 7.90. The highest BCUT2D eigenvalue weighted by molar-refractivity contribution is 7.25. The molecule has 0 atom stereocenters. The summed E-state index contributed by atoms with van der Waals surface area (Å²) < 4.78 is 2.52. The lowest BCUT2D eigenvalue weighted by Crippen LogP contribution is -2.11. The molecule has 2 heterocycles. The van der Waals surface area contributed by atoms with Crippen LogP contribution in [-0.4, -0.2) is 4.98 Å². The molecule has 0 spiro atoms. The van der Waals surface area contributed by atoms with Crippen LogP contribution in [0.25, 0.3) is 53.2 Å². The Hall–Kier alpha value is -5.25. The number of anilines is 3. The van der Waals surface area contributed by atoms with Crippen molar-refractivity contribution in [3.05, 3.63) is 158 Å². The lowest BCUT2D eigenvalue weighted by Gasteiger charge is -2.25. The molecule has 0 aliphatic rings. The van der Waals surface area contributed by atoms with Crippen molar-refractivity contribution in [2.24, 2.45) is 0 Å². The van der Waals surface area contributed by atoms with E-state index in [9.17, 15) is 0 Å². The first kappa shape index (κ1) is 24.5. The Morgan fingerprint density at radius 3 is 1.48 bits per heavy atom. The van der Waals surface area contributed by atoms with Gasteiger partial charge in [0, 0.05) is 37.7 Å². The maximum Gasteiger partial charge on any atom is 0.138 e. The topological polar surface area (TPSA) is 16.1 Å². The van der Waals surface area contributed by atoms with E-state index in [-0.39, 0.29) is 0 Å². The molecule has 0 saturated heterocycles. The van der Waals surface area contributed by atoms with Gasteiger partial charge in [-0.1, -0.05) is 109 Å². The van der Waals surface area contributed by atoms with E-state index in [1.807, 2.05) is 17.5 Å². The molecule has 0 N–H and O–H groups in total. The normalized spacial score (nSPS) is 11.3. The average Bonchev–Trinajstić information content (AvgIpc) is 3.42. The molecule has 8 rings (SSSR count). The minimum absolute atomic E-state index is 0.901. The molecular weight excluding hydrogens is 529 g/mol. The molecule has 6 aromatic carbocycles. The van der Waals surface area contributed by atoms with E-state index in [1.54, 1.807) is 0 Å². The Kier molecular flexibility index (Phi) is 6.02. The second-order valence-electron chi connectivity index (χ2n) is 10.5. The summed E-state index contributed by atoms with van der Waals surface area (Å²) in [5.41, 5.74) is 6.94. The number of hydrogen-bond acceptors (Lipinski definition) is 3. The number of rotatable bonds is 5. The van der Waals surface area contributed by atoms with Crippen LogP contribution in [0.3, 0.4) is 0 Å². The van der Waals surface area contributed by atoms with E-state index in [2.05, 4.69) is 157 Å². The molecule has 0 bridgehead atoms. The SMILES string of the molecule is c1ccc(-c2ccc(N(c3ccc(-c4ccccc4)cc3)c3cc4sc5cc6ccccc6cc5c4cn3)cc2)cc1.